The molecule has 236 valence electrons. The largest absolute Gasteiger partial charge is 0.493 e. The lowest BCUT2D eigenvalue weighted by molar-refractivity contribution is -0.139. The van der Waals surface area contributed by atoms with Crippen LogP contribution in [-0.2, 0) is 26.2 Å². The molecule has 0 bridgehead atoms. The van der Waals surface area contributed by atoms with Crippen LogP contribution in [0.2, 0.25) is 0 Å². The highest BCUT2D eigenvalue weighted by molar-refractivity contribution is 7.92. The van der Waals surface area contributed by atoms with Gasteiger partial charge < -0.3 is 19.7 Å². The number of benzene rings is 3. The van der Waals surface area contributed by atoms with Gasteiger partial charge in [-0.2, -0.15) is 0 Å². The monoisotopic (exact) mass is 621 g/mol. The summed E-state index contributed by atoms with van der Waals surface area (Å²) in [5.74, 6) is -0.118. The number of carbonyl (C=O) groups is 2. The average molecular weight is 622 g/mol. The van der Waals surface area contributed by atoms with Crippen LogP contribution in [0.15, 0.2) is 65.6 Å². The van der Waals surface area contributed by atoms with E-state index >= 15 is 0 Å². The first kappa shape index (κ1) is 32.9. The second-order valence-corrected chi connectivity index (χ2v) is 13.4. The van der Waals surface area contributed by atoms with Crippen LogP contribution in [0.3, 0.4) is 0 Å². The number of methoxy groups -OCH3 is 2. The predicted octanol–water partition coefficient (Wildman–Crippen LogP) is 5.30. The topological polar surface area (TPSA) is 105 Å². The molecule has 0 aliphatic heterocycles. The lowest BCUT2D eigenvalue weighted by Crippen LogP contribution is -2.52. The van der Waals surface area contributed by atoms with Crippen molar-refractivity contribution in [1.82, 2.24) is 10.2 Å². The zero-order valence-corrected chi connectivity index (χ0v) is 27.2. The van der Waals surface area contributed by atoms with Gasteiger partial charge in [0.15, 0.2) is 11.5 Å². The Hall–Kier alpha value is -4.05. The van der Waals surface area contributed by atoms with E-state index in [-0.39, 0.29) is 29.1 Å². The molecule has 1 saturated carbocycles. The van der Waals surface area contributed by atoms with Crippen molar-refractivity contribution in [2.24, 2.45) is 0 Å². The molecule has 44 heavy (non-hydrogen) atoms. The molecule has 0 radical (unpaired) electrons. The molecule has 0 spiro atoms. The molecular weight excluding hydrogens is 578 g/mol. The first-order chi connectivity index (χ1) is 20.9. The summed E-state index contributed by atoms with van der Waals surface area (Å²) in [5, 5.41) is 3.10. The van der Waals surface area contributed by atoms with Crippen LogP contribution >= 0.6 is 0 Å². The van der Waals surface area contributed by atoms with Crippen molar-refractivity contribution in [1.29, 1.82) is 0 Å². The van der Waals surface area contributed by atoms with Crippen molar-refractivity contribution in [3.8, 4) is 11.5 Å². The summed E-state index contributed by atoms with van der Waals surface area (Å²) in [7, 11) is -1.37. The molecule has 3 aromatic carbocycles. The summed E-state index contributed by atoms with van der Waals surface area (Å²) in [6.45, 7) is 7.05. The summed E-state index contributed by atoms with van der Waals surface area (Å²) < 4.78 is 40.4. The normalized spacial score (nSPS) is 14.1. The van der Waals surface area contributed by atoms with Gasteiger partial charge in [-0.25, -0.2) is 8.42 Å². The maximum atomic E-state index is 14.3. The van der Waals surface area contributed by atoms with Gasteiger partial charge in [0.2, 0.25) is 11.8 Å². The second kappa shape index (κ2) is 14.2. The van der Waals surface area contributed by atoms with Crippen LogP contribution in [0.4, 0.5) is 5.69 Å². The fraction of sp³-hybridized carbons (Fsp3) is 0.412. The first-order valence-electron chi connectivity index (χ1n) is 14.9. The van der Waals surface area contributed by atoms with Gasteiger partial charge in [0.1, 0.15) is 12.6 Å². The number of hydrogen-bond donors (Lipinski definition) is 1. The van der Waals surface area contributed by atoms with E-state index < -0.39 is 28.5 Å². The van der Waals surface area contributed by atoms with Gasteiger partial charge in [-0.15, -0.1) is 0 Å². The summed E-state index contributed by atoms with van der Waals surface area (Å²) in [6, 6.07) is 16.7. The van der Waals surface area contributed by atoms with Crippen LogP contribution in [-0.4, -0.2) is 58.0 Å². The van der Waals surface area contributed by atoms with Crippen LogP contribution in [0.1, 0.15) is 54.9 Å². The van der Waals surface area contributed by atoms with Crippen molar-refractivity contribution >= 4 is 27.5 Å². The molecule has 1 aliphatic rings. The van der Waals surface area contributed by atoms with Crippen molar-refractivity contribution < 1.29 is 27.5 Å². The quantitative estimate of drug-likeness (QED) is 0.294. The molecule has 2 amide bonds. The molecule has 9 nitrogen and oxygen atoms in total. The van der Waals surface area contributed by atoms with Gasteiger partial charge in [-0.05, 0) is 81.5 Å². The minimum atomic E-state index is -4.27. The van der Waals surface area contributed by atoms with E-state index in [1.165, 1.54) is 37.3 Å². The van der Waals surface area contributed by atoms with E-state index in [1.807, 2.05) is 51.1 Å². The van der Waals surface area contributed by atoms with E-state index in [1.54, 1.807) is 19.1 Å². The van der Waals surface area contributed by atoms with E-state index in [2.05, 4.69) is 5.32 Å². The van der Waals surface area contributed by atoms with Crippen molar-refractivity contribution in [2.75, 3.05) is 25.1 Å². The van der Waals surface area contributed by atoms with E-state index in [0.717, 1.165) is 52.2 Å². The third-order valence-corrected chi connectivity index (χ3v) is 9.79. The molecule has 4 rings (SSSR count). The molecule has 1 N–H and O–H groups in total. The number of nitrogens with zero attached hydrogens (tertiary/aromatic N) is 2. The smallest absolute Gasteiger partial charge is 0.264 e. The number of carbonyl (C=O) groups excluding carboxylic acids is 2. The maximum absolute atomic E-state index is 14.3. The molecule has 1 fully saturated rings. The minimum absolute atomic E-state index is 0.0561. The number of ether oxygens (including phenoxy) is 2. The van der Waals surface area contributed by atoms with E-state index in [0.29, 0.717) is 11.4 Å². The number of amides is 2. The second-order valence-electron chi connectivity index (χ2n) is 11.6. The van der Waals surface area contributed by atoms with Crippen LogP contribution in [0, 0.1) is 20.8 Å². The minimum Gasteiger partial charge on any atom is -0.493 e. The molecule has 1 atom stereocenters. The number of anilines is 1. The van der Waals surface area contributed by atoms with Gasteiger partial charge in [0, 0.05) is 18.7 Å². The first-order valence-corrected chi connectivity index (χ1v) is 16.4. The Kier molecular flexibility index (Phi) is 10.6. The number of rotatable bonds is 12. The highest BCUT2D eigenvalue weighted by Gasteiger charge is 2.34. The van der Waals surface area contributed by atoms with Crippen LogP contribution < -0.4 is 19.1 Å². The molecule has 3 aromatic rings. The van der Waals surface area contributed by atoms with E-state index in [9.17, 15) is 18.0 Å². The summed E-state index contributed by atoms with van der Waals surface area (Å²) in [5.41, 5.74) is 3.91. The lowest BCUT2D eigenvalue weighted by Gasteiger charge is -2.32. The summed E-state index contributed by atoms with van der Waals surface area (Å²) >= 11 is 0. The number of aryl methyl sites for hydroxylation is 3. The summed E-state index contributed by atoms with van der Waals surface area (Å²) in [6.07, 6.45) is 3.94. The molecule has 0 aromatic heterocycles. The van der Waals surface area contributed by atoms with E-state index in [4.69, 9.17) is 9.47 Å². The number of hydrogen-bond acceptors (Lipinski definition) is 6. The zero-order chi connectivity index (χ0) is 32.0. The molecule has 0 saturated heterocycles. The Morgan fingerprint density at radius 1 is 0.886 bits per heavy atom. The third kappa shape index (κ3) is 7.72. The van der Waals surface area contributed by atoms with Gasteiger partial charge >= 0.3 is 0 Å². The highest BCUT2D eigenvalue weighted by atomic mass is 32.2. The van der Waals surface area contributed by atoms with Gasteiger partial charge in [-0.1, -0.05) is 48.7 Å². The predicted molar refractivity (Wildman–Crippen MR) is 172 cm³/mol. The van der Waals surface area contributed by atoms with Crippen molar-refractivity contribution in [3.05, 3.63) is 82.9 Å². The average Bonchev–Trinajstić information content (AvgIpc) is 3.50. The van der Waals surface area contributed by atoms with Crippen molar-refractivity contribution in [2.45, 2.75) is 76.9 Å². The summed E-state index contributed by atoms with van der Waals surface area (Å²) in [4.78, 5) is 29.1. The lowest BCUT2D eigenvalue weighted by atomic mass is 10.1. The Morgan fingerprint density at radius 2 is 1.55 bits per heavy atom. The highest BCUT2D eigenvalue weighted by Crippen LogP contribution is 2.33. The number of nitrogens with one attached hydrogen (secondary N) is 1. The fourth-order valence-electron chi connectivity index (χ4n) is 5.71. The van der Waals surface area contributed by atoms with Crippen LogP contribution in [0.25, 0.3) is 0 Å². The van der Waals surface area contributed by atoms with Crippen molar-refractivity contribution in [3.63, 3.8) is 0 Å². The molecule has 1 aliphatic carbocycles. The zero-order valence-electron chi connectivity index (χ0n) is 26.4. The molecule has 1 unspecified atom stereocenters. The molecule has 10 heteroatoms. The SMILES string of the molecule is COc1ccc(S(=O)(=O)N(CC(=O)N(Cc2cccc(C)c2)C(C)C(=O)NC2CCCC2)c2cc(C)cc(C)c2)cc1OC. The third-order valence-electron chi connectivity index (χ3n) is 8.02. The Bertz CT molecular complexity index is 1580. The van der Waals surface area contributed by atoms with Gasteiger partial charge in [-0.3, -0.25) is 13.9 Å². The standard InChI is InChI=1S/C34H43N3O6S/c1-23-10-9-11-27(17-23)21-36(26(4)34(39)35-28-12-7-8-13-28)33(38)22-37(29-18-24(2)16-25(3)19-29)44(40,41)30-14-15-31(42-5)32(20-30)43-6/h9-11,14-20,26,28H,7-8,12-13,21-22H2,1-6H3,(H,35,39). The Morgan fingerprint density at radius 3 is 2.16 bits per heavy atom. The van der Waals surface area contributed by atoms with Gasteiger partial charge in [0.05, 0.1) is 24.8 Å². The maximum Gasteiger partial charge on any atom is 0.264 e. The van der Waals surface area contributed by atoms with Gasteiger partial charge in [0.25, 0.3) is 10.0 Å². The molecular formula is C34H43N3O6S. The fourth-order valence-corrected chi connectivity index (χ4v) is 7.12. The Labute approximate surface area is 261 Å². The number of sulfonamides is 1. The Balaban J connectivity index is 1.75. The molecule has 0 heterocycles. The van der Waals surface area contributed by atoms with Crippen LogP contribution in [0.5, 0.6) is 11.5 Å².